The van der Waals surface area contributed by atoms with Crippen LogP contribution < -0.4 is 27.0 Å². The lowest BCUT2D eigenvalue weighted by Crippen LogP contribution is -2.62. The van der Waals surface area contributed by atoms with Gasteiger partial charge in [-0.2, -0.15) is 13.9 Å². The van der Waals surface area contributed by atoms with E-state index in [0.717, 1.165) is 34.6 Å². The topological polar surface area (TPSA) is 313 Å². The van der Waals surface area contributed by atoms with Crippen LogP contribution in [0.2, 0.25) is 0 Å². The fourth-order valence-electron chi connectivity index (χ4n) is 11.3. The van der Waals surface area contributed by atoms with Gasteiger partial charge in [0.05, 0.1) is 29.2 Å². The number of fused-ring (bicyclic) bond motifs is 3. The molecule has 1 unspecified atom stereocenters. The van der Waals surface area contributed by atoms with Crippen molar-refractivity contribution in [2.45, 2.75) is 113 Å². The van der Waals surface area contributed by atoms with Crippen LogP contribution in [0.3, 0.4) is 0 Å². The number of nitrogens with zero attached hydrogens (tertiary/aromatic N) is 5. The highest BCUT2D eigenvalue weighted by Gasteiger charge is 2.51. The van der Waals surface area contributed by atoms with E-state index in [4.69, 9.17) is 5.73 Å². The first-order valence-corrected chi connectivity index (χ1v) is 30.2. The zero-order valence-electron chi connectivity index (χ0n) is 46.0. The molecular formula is C60H59F2N10O12PS. The summed E-state index contributed by atoms with van der Waals surface area (Å²) >= 11 is 0.853. The second-order valence-corrected chi connectivity index (χ2v) is 24.2. The van der Waals surface area contributed by atoms with Crippen LogP contribution in [-0.2, 0) is 52.1 Å². The van der Waals surface area contributed by atoms with Crippen molar-refractivity contribution in [3.63, 3.8) is 0 Å². The van der Waals surface area contributed by atoms with Gasteiger partial charge in [-0.15, -0.1) is 11.3 Å². The van der Waals surface area contributed by atoms with Crippen LogP contribution in [0.4, 0.5) is 8.78 Å². The number of nitrogens with one attached hydrogen (secondary N) is 4. The molecule has 446 valence electrons. The average molecular weight is 1210 g/mol. The van der Waals surface area contributed by atoms with Gasteiger partial charge in [-0.05, 0) is 90.9 Å². The van der Waals surface area contributed by atoms with Crippen LogP contribution in [0.1, 0.15) is 122 Å². The van der Waals surface area contributed by atoms with Gasteiger partial charge in [0, 0.05) is 72.5 Å². The van der Waals surface area contributed by atoms with Crippen LogP contribution in [0.15, 0.2) is 116 Å². The van der Waals surface area contributed by atoms with E-state index >= 15 is 4.79 Å². The number of halogens is 2. The molecule has 0 bridgehead atoms. The molecule has 4 aromatic carbocycles. The first-order valence-electron chi connectivity index (χ1n) is 27.8. The Balaban J connectivity index is 0.853. The predicted molar refractivity (Wildman–Crippen MR) is 307 cm³/mol. The highest BCUT2D eigenvalue weighted by molar-refractivity contribution is 7.52. The summed E-state index contributed by atoms with van der Waals surface area (Å²) in [5.41, 5.74) is 3.43. The molecule has 2 aromatic heterocycles. The van der Waals surface area contributed by atoms with Gasteiger partial charge in [0.1, 0.15) is 24.2 Å². The third-order valence-electron chi connectivity index (χ3n) is 15.8. The largest absolute Gasteiger partial charge is 0.399 e. The Bertz CT molecular complexity index is 3750. The number of alkyl halides is 2. The summed E-state index contributed by atoms with van der Waals surface area (Å²) in [4.78, 5) is 146. The summed E-state index contributed by atoms with van der Waals surface area (Å²) in [6.45, 7) is 0.144. The maximum Gasteiger partial charge on any atom is 0.399 e. The SMILES string of the molecule is NC(=O)CC[C@H](NC(=O)[C@@H]1CC[C@@H]2CCN(C(=O)c3cnn(CCCC#Cc4cccc5c4CN(C4CCC(=O)NC4=O)C5=O)c3)C[C@H](NC(=O)c3cc4cc(C(F)(F)P(=O)(O)O)ccc4s3)C(=O)N21)C(=O)NC(c1ccccc1)c1ccccc1. The highest BCUT2D eigenvalue weighted by Crippen LogP contribution is 2.59. The molecule has 22 nitrogen and oxygen atoms in total. The van der Waals surface area contributed by atoms with Gasteiger partial charge in [-0.1, -0.05) is 84.6 Å². The van der Waals surface area contributed by atoms with Crippen molar-refractivity contribution in [3.8, 4) is 11.8 Å². The number of aromatic nitrogens is 2. The normalized spacial score (nSPS) is 19.2. The van der Waals surface area contributed by atoms with Crippen LogP contribution in [0.25, 0.3) is 10.1 Å². The van der Waals surface area contributed by atoms with Gasteiger partial charge < -0.3 is 46.2 Å². The Morgan fingerprint density at radius 1 is 0.895 bits per heavy atom. The number of amides is 9. The maximum absolute atomic E-state index is 15.1. The number of unbranched alkanes of at least 4 members (excludes halogenated alkanes) is 1. The number of nitrogens with two attached hydrogens (primary N) is 1. The van der Waals surface area contributed by atoms with Gasteiger partial charge in [-0.25, -0.2) is 0 Å². The molecule has 86 heavy (non-hydrogen) atoms. The first-order chi connectivity index (χ1) is 41.1. The number of benzene rings is 4. The van der Waals surface area contributed by atoms with E-state index in [-0.39, 0.29) is 85.7 Å². The molecule has 6 heterocycles. The predicted octanol–water partition coefficient (Wildman–Crippen LogP) is 4.58. The summed E-state index contributed by atoms with van der Waals surface area (Å²) < 4.78 is 43.2. The number of piperidine rings is 1. The molecule has 0 saturated carbocycles. The van der Waals surface area contributed by atoms with Crippen molar-refractivity contribution in [1.82, 2.24) is 45.7 Å². The van der Waals surface area contributed by atoms with Gasteiger partial charge in [0.15, 0.2) is 0 Å². The summed E-state index contributed by atoms with van der Waals surface area (Å²) in [5, 5.41) is 15.3. The van der Waals surface area contributed by atoms with Crippen molar-refractivity contribution < 1.29 is 66.3 Å². The quantitative estimate of drug-likeness (QED) is 0.0269. The molecule has 10 rings (SSSR count). The molecule has 9 amide bonds. The average Bonchev–Trinajstić information content (AvgIpc) is 1.71. The van der Waals surface area contributed by atoms with Gasteiger partial charge >= 0.3 is 13.3 Å². The number of hydrogen-bond donors (Lipinski definition) is 7. The molecule has 0 spiro atoms. The fraction of sp³-hybridized carbons (Fsp3) is 0.333. The third-order valence-corrected chi connectivity index (χ3v) is 17.9. The molecule has 3 saturated heterocycles. The summed E-state index contributed by atoms with van der Waals surface area (Å²) in [6, 6.07) is 21.4. The van der Waals surface area contributed by atoms with E-state index in [2.05, 4.69) is 38.2 Å². The number of hydrogen-bond acceptors (Lipinski definition) is 12. The lowest BCUT2D eigenvalue weighted by molar-refractivity contribution is -0.143. The van der Waals surface area contributed by atoms with Crippen molar-refractivity contribution in [2.75, 3.05) is 13.1 Å². The first kappa shape index (κ1) is 60.2. The summed E-state index contributed by atoms with van der Waals surface area (Å²) in [6.07, 6.45) is 4.30. The Kier molecular flexibility index (Phi) is 17.7. The van der Waals surface area contributed by atoms with Crippen LogP contribution >= 0.6 is 18.9 Å². The molecule has 6 aromatic rings. The summed E-state index contributed by atoms with van der Waals surface area (Å²) in [5.74, 6) is 0.875. The second kappa shape index (κ2) is 25.3. The molecule has 4 aliphatic rings. The molecule has 4 aliphatic heterocycles. The maximum atomic E-state index is 15.1. The number of carbonyl (C=O) groups is 9. The van der Waals surface area contributed by atoms with Crippen molar-refractivity contribution >= 4 is 82.2 Å². The number of imide groups is 1. The number of rotatable bonds is 18. The monoisotopic (exact) mass is 1210 g/mol. The van der Waals surface area contributed by atoms with E-state index in [9.17, 15) is 61.5 Å². The fourth-order valence-corrected chi connectivity index (χ4v) is 12.8. The van der Waals surface area contributed by atoms with Gasteiger partial charge in [0.25, 0.3) is 17.7 Å². The number of primary amides is 1. The Morgan fingerprint density at radius 3 is 2.33 bits per heavy atom. The van der Waals surface area contributed by atoms with Crippen molar-refractivity contribution in [1.29, 1.82) is 0 Å². The van der Waals surface area contributed by atoms with Gasteiger partial charge in [0.2, 0.25) is 35.4 Å². The van der Waals surface area contributed by atoms with Crippen molar-refractivity contribution in [2.24, 2.45) is 5.73 Å². The van der Waals surface area contributed by atoms with Gasteiger partial charge in [-0.3, -0.25) is 57.7 Å². The zero-order valence-corrected chi connectivity index (χ0v) is 47.7. The lowest BCUT2D eigenvalue weighted by atomic mass is 9.98. The van der Waals surface area contributed by atoms with Crippen LogP contribution in [0.5, 0.6) is 0 Å². The third kappa shape index (κ3) is 13.0. The smallest absolute Gasteiger partial charge is 0.370 e. The summed E-state index contributed by atoms with van der Waals surface area (Å²) in [7, 11) is -5.94. The highest BCUT2D eigenvalue weighted by atomic mass is 32.1. The second-order valence-electron chi connectivity index (χ2n) is 21.5. The van der Waals surface area contributed by atoms with Crippen LogP contribution in [0, 0.1) is 11.8 Å². The van der Waals surface area contributed by atoms with Crippen LogP contribution in [-0.4, -0.2) is 131 Å². The number of carbonyl (C=O) groups excluding carboxylic acids is 9. The number of thiophene rings is 1. The molecule has 0 aliphatic carbocycles. The van der Waals surface area contributed by atoms with E-state index < -0.39 is 103 Å². The molecule has 3 fully saturated rings. The van der Waals surface area contributed by atoms with E-state index in [1.54, 1.807) is 29.1 Å². The molecule has 0 radical (unpaired) electrons. The Morgan fingerprint density at radius 2 is 1.63 bits per heavy atom. The molecule has 8 N–H and O–H groups in total. The van der Waals surface area contributed by atoms with E-state index in [1.807, 2.05) is 60.7 Å². The van der Waals surface area contributed by atoms with Crippen molar-refractivity contribution in [3.05, 3.63) is 159 Å². The zero-order chi connectivity index (χ0) is 61.0. The molecular weight excluding hydrogens is 1150 g/mol. The number of aryl methyl sites for hydroxylation is 1. The Hall–Kier alpha value is -8.95. The lowest BCUT2D eigenvalue weighted by Gasteiger charge is -2.38. The molecule has 26 heteroatoms. The Labute approximate surface area is 495 Å². The standard InChI is InChI=1S/C60H59F2N10O12PS/c61-60(62,85(82,83)84)40-18-23-48-38(29-40)30-49(86-48)56(78)66-45-34-69(57(79)39-31-64-70(32-39)27-9-3-8-11-35-16-10-17-42-43(35)33-71(58(42)80)46-22-25-51(74)67-54(46)76)28-26-41-19-21-47(72(41)59(45)81)55(77)65-44(20-24-50(63)73)53(75)68-52(36-12-4-1-5-13-36)37-14-6-2-7-15-37/h1-2,4-7,10,12-18,23,29-32,41,44-47,52H,3,9,19-22,24-28,33-34H2,(H2,63,73)(H,65,77)(H,66,78)(H,68,75)(H,67,74,76)(H2,82,83,84)/t41-,44+,45+,46?,47+/m1/s1. The minimum absolute atomic E-state index is 0.0400. The van der Waals surface area contributed by atoms with E-state index in [0.29, 0.717) is 40.8 Å². The minimum atomic E-state index is -5.94. The molecule has 5 atom stereocenters. The van der Waals surface area contributed by atoms with E-state index in [1.165, 1.54) is 33.0 Å². The minimum Gasteiger partial charge on any atom is -0.370 e.